The molecular weight excluding hydrogens is 553 g/mol. The van der Waals surface area contributed by atoms with E-state index in [1.807, 2.05) is 4.90 Å². The first-order valence-corrected chi connectivity index (χ1v) is 13.4. The van der Waals surface area contributed by atoms with Crippen LogP contribution in [-0.4, -0.2) is 56.7 Å². The summed E-state index contributed by atoms with van der Waals surface area (Å²) in [6, 6.07) is 15.7. The van der Waals surface area contributed by atoms with Crippen molar-refractivity contribution in [3.05, 3.63) is 89.0 Å². The van der Waals surface area contributed by atoms with Gasteiger partial charge in [-0.25, -0.2) is 4.79 Å². The van der Waals surface area contributed by atoms with Gasteiger partial charge in [0, 0.05) is 39.6 Å². The molecule has 3 aromatic rings. The first-order chi connectivity index (χ1) is 20.1. The third kappa shape index (κ3) is 6.19. The fourth-order valence-electron chi connectivity index (χ4n) is 5.71. The summed E-state index contributed by atoms with van der Waals surface area (Å²) in [6.07, 6.45) is -4.39. The average molecular weight is 585 g/mol. The highest BCUT2D eigenvalue weighted by Crippen LogP contribution is 2.37. The Bertz CT molecular complexity index is 1450. The second kappa shape index (κ2) is 12.2. The SMILES string of the molecule is COC1CC(CN2CCc3cc(OC(=O)c4cc(C(F)(F)F)ccc4-c4ccccc4)ccc3C2C(N)=O)C(OC)O1. The van der Waals surface area contributed by atoms with Gasteiger partial charge in [0.05, 0.1) is 11.1 Å². The fraction of sp³-hybridized carbons (Fsp3) is 0.355. The van der Waals surface area contributed by atoms with Gasteiger partial charge < -0.3 is 24.7 Å². The predicted molar refractivity (Wildman–Crippen MR) is 146 cm³/mol. The van der Waals surface area contributed by atoms with Crippen LogP contribution in [0.4, 0.5) is 13.2 Å². The van der Waals surface area contributed by atoms with E-state index in [2.05, 4.69) is 0 Å². The van der Waals surface area contributed by atoms with Gasteiger partial charge >= 0.3 is 12.1 Å². The Balaban J connectivity index is 1.39. The molecule has 4 unspecified atom stereocenters. The molecule has 42 heavy (non-hydrogen) atoms. The minimum Gasteiger partial charge on any atom is -0.423 e. The third-order valence-electron chi connectivity index (χ3n) is 7.70. The van der Waals surface area contributed by atoms with Crippen molar-refractivity contribution in [2.24, 2.45) is 11.7 Å². The lowest BCUT2D eigenvalue weighted by Crippen LogP contribution is -2.45. The highest BCUT2D eigenvalue weighted by atomic mass is 19.4. The smallest absolute Gasteiger partial charge is 0.416 e. The number of hydrogen-bond acceptors (Lipinski definition) is 7. The number of ether oxygens (including phenoxy) is 4. The normalized spacial score (nSPS) is 22.5. The summed E-state index contributed by atoms with van der Waals surface area (Å²) in [5, 5.41) is 0. The minimum absolute atomic E-state index is 0.0464. The number of carbonyl (C=O) groups excluding carboxylic acids is 2. The van der Waals surface area contributed by atoms with E-state index in [9.17, 15) is 22.8 Å². The van der Waals surface area contributed by atoms with Gasteiger partial charge in [0.1, 0.15) is 11.8 Å². The predicted octanol–water partition coefficient (Wildman–Crippen LogP) is 4.96. The zero-order chi connectivity index (χ0) is 30.0. The van der Waals surface area contributed by atoms with Gasteiger partial charge in [0.2, 0.25) is 5.91 Å². The number of halogens is 3. The van der Waals surface area contributed by atoms with Crippen LogP contribution in [0.5, 0.6) is 5.75 Å². The van der Waals surface area contributed by atoms with Crippen molar-refractivity contribution in [3.63, 3.8) is 0 Å². The Labute approximate surface area is 241 Å². The number of hydrogen-bond donors (Lipinski definition) is 1. The van der Waals surface area contributed by atoms with Crippen LogP contribution in [0.15, 0.2) is 66.7 Å². The molecule has 5 rings (SSSR count). The van der Waals surface area contributed by atoms with E-state index in [0.717, 1.165) is 17.7 Å². The summed E-state index contributed by atoms with van der Waals surface area (Å²) < 4.78 is 62.6. The Morgan fingerprint density at radius 3 is 2.45 bits per heavy atom. The summed E-state index contributed by atoms with van der Waals surface area (Å²) >= 11 is 0. The number of carbonyl (C=O) groups is 2. The van der Waals surface area contributed by atoms with E-state index in [1.165, 1.54) is 12.1 Å². The van der Waals surface area contributed by atoms with Crippen molar-refractivity contribution in [2.75, 3.05) is 27.3 Å². The third-order valence-corrected chi connectivity index (χ3v) is 7.70. The number of alkyl halides is 3. The van der Waals surface area contributed by atoms with E-state index in [1.54, 1.807) is 56.7 Å². The fourth-order valence-corrected chi connectivity index (χ4v) is 5.71. The molecule has 8 nitrogen and oxygen atoms in total. The first kappa shape index (κ1) is 29.7. The lowest BCUT2D eigenvalue weighted by atomic mass is 9.90. The van der Waals surface area contributed by atoms with Gasteiger partial charge in [-0.3, -0.25) is 9.69 Å². The van der Waals surface area contributed by atoms with Crippen molar-refractivity contribution in [1.82, 2.24) is 4.90 Å². The number of rotatable bonds is 8. The van der Waals surface area contributed by atoms with Crippen molar-refractivity contribution < 1.29 is 41.7 Å². The van der Waals surface area contributed by atoms with Gasteiger partial charge in [-0.1, -0.05) is 42.5 Å². The number of benzene rings is 3. The standard InChI is InChI=1S/C31H31F3N2O6/c1-39-26-15-20(30(40-2)42-26)17-36-13-12-19-14-22(9-11-24(19)27(36)28(35)37)41-29(38)25-16-21(31(32,33)34)8-10-23(25)18-6-4-3-5-7-18/h3-11,14,16,20,26-27,30H,12-13,15,17H2,1-2H3,(H2,35,37). The maximum atomic E-state index is 13.5. The molecule has 1 amide bonds. The maximum Gasteiger partial charge on any atom is 0.416 e. The molecule has 3 aromatic carbocycles. The molecule has 222 valence electrons. The molecule has 2 aliphatic heterocycles. The first-order valence-electron chi connectivity index (χ1n) is 13.4. The van der Waals surface area contributed by atoms with Crippen molar-refractivity contribution >= 4 is 11.9 Å². The highest BCUT2D eigenvalue weighted by Gasteiger charge is 2.40. The number of amides is 1. The number of nitrogens with zero attached hydrogens (tertiary/aromatic N) is 1. The average Bonchev–Trinajstić information content (AvgIpc) is 3.38. The summed E-state index contributed by atoms with van der Waals surface area (Å²) in [6.45, 7) is 0.980. The zero-order valence-electron chi connectivity index (χ0n) is 23.1. The van der Waals surface area contributed by atoms with Gasteiger partial charge in [-0.2, -0.15) is 13.2 Å². The van der Waals surface area contributed by atoms with E-state index in [0.29, 0.717) is 42.6 Å². The molecule has 1 fully saturated rings. The summed E-state index contributed by atoms with van der Waals surface area (Å²) in [4.78, 5) is 27.9. The number of primary amides is 1. The Hall–Kier alpha value is -3.77. The van der Waals surface area contributed by atoms with Crippen LogP contribution in [0.2, 0.25) is 0 Å². The molecule has 0 saturated carbocycles. The highest BCUT2D eigenvalue weighted by molar-refractivity contribution is 5.98. The zero-order valence-corrected chi connectivity index (χ0v) is 23.1. The molecule has 0 aromatic heterocycles. The second-order valence-corrected chi connectivity index (χ2v) is 10.3. The monoisotopic (exact) mass is 584 g/mol. The van der Waals surface area contributed by atoms with Crippen LogP contribution >= 0.6 is 0 Å². The second-order valence-electron chi connectivity index (χ2n) is 10.3. The molecule has 2 aliphatic rings. The Morgan fingerprint density at radius 1 is 1.02 bits per heavy atom. The molecule has 0 bridgehead atoms. The van der Waals surface area contributed by atoms with Crippen LogP contribution in [0.1, 0.15) is 39.5 Å². The van der Waals surface area contributed by atoms with Crippen LogP contribution in [0, 0.1) is 5.92 Å². The number of fused-ring (bicyclic) bond motifs is 1. The summed E-state index contributed by atoms with van der Waals surface area (Å²) in [5.74, 6) is -1.36. The van der Waals surface area contributed by atoms with Crippen molar-refractivity contribution in [2.45, 2.75) is 37.6 Å². The lowest BCUT2D eigenvalue weighted by molar-refractivity contribution is -0.194. The number of methoxy groups -OCH3 is 2. The summed E-state index contributed by atoms with van der Waals surface area (Å²) in [5.41, 5.74) is 7.00. The van der Waals surface area contributed by atoms with E-state index >= 15 is 0 Å². The molecule has 0 radical (unpaired) electrons. The molecule has 2 N–H and O–H groups in total. The van der Waals surface area contributed by atoms with Crippen LogP contribution < -0.4 is 10.5 Å². The van der Waals surface area contributed by atoms with Crippen molar-refractivity contribution in [3.8, 4) is 16.9 Å². The largest absolute Gasteiger partial charge is 0.423 e. The van der Waals surface area contributed by atoms with Gasteiger partial charge in [-0.05, 0) is 52.9 Å². The minimum atomic E-state index is -4.63. The van der Waals surface area contributed by atoms with Crippen LogP contribution in [0.3, 0.4) is 0 Å². The van der Waals surface area contributed by atoms with Gasteiger partial charge in [-0.15, -0.1) is 0 Å². The molecule has 0 spiro atoms. The lowest BCUT2D eigenvalue weighted by Gasteiger charge is -2.37. The van der Waals surface area contributed by atoms with Gasteiger partial charge in [0.15, 0.2) is 12.6 Å². The Morgan fingerprint density at radius 2 is 1.79 bits per heavy atom. The Kier molecular flexibility index (Phi) is 8.65. The maximum absolute atomic E-state index is 13.5. The molecule has 11 heteroatoms. The number of nitrogens with two attached hydrogens (primary N) is 1. The topological polar surface area (TPSA) is 100 Å². The quantitative estimate of drug-likeness (QED) is 0.295. The van der Waals surface area contributed by atoms with Gasteiger partial charge in [0.25, 0.3) is 0 Å². The molecule has 4 atom stereocenters. The van der Waals surface area contributed by atoms with E-state index < -0.39 is 42.2 Å². The van der Waals surface area contributed by atoms with Crippen molar-refractivity contribution in [1.29, 1.82) is 0 Å². The van der Waals surface area contributed by atoms with Crippen LogP contribution in [-0.2, 0) is 31.6 Å². The number of esters is 1. The molecule has 1 saturated heterocycles. The summed E-state index contributed by atoms with van der Waals surface area (Å²) in [7, 11) is 3.11. The molecular formula is C31H31F3N2O6. The van der Waals surface area contributed by atoms with E-state index in [-0.39, 0.29) is 17.2 Å². The van der Waals surface area contributed by atoms with Crippen LogP contribution in [0.25, 0.3) is 11.1 Å². The molecule has 2 heterocycles. The molecule has 0 aliphatic carbocycles. The van der Waals surface area contributed by atoms with E-state index in [4.69, 9.17) is 24.7 Å².